The Morgan fingerprint density at radius 1 is 0.359 bits per heavy atom. The molecule has 11 aromatic carbocycles. The minimum Gasteiger partial charge on any atom is -0.0649 e. The van der Waals surface area contributed by atoms with Gasteiger partial charge in [0.2, 0.25) is 0 Å². The third-order valence-electron chi connectivity index (χ3n) is 14.9. The van der Waals surface area contributed by atoms with E-state index in [1.165, 1.54) is 17.6 Å². The van der Waals surface area contributed by atoms with Crippen molar-refractivity contribution >= 4 is 58.3 Å². The smallest absolute Gasteiger partial charge is 0.0560 e. The molecule has 13 rings (SSSR count). The number of aromatic nitrogens is 4. The van der Waals surface area contributed by atoms with Gasteiger partial charge in [-0.25, -0.2) is 4.85 Å². The van der Waals surface area contributed by atoms with Crippen LogP contribution in [-0.2, 0) is 0 Å². The summed E-state index contributed by atoms with van der Waals surface area (Å²) in [6, 6.07) is 101. The topological polar surface area (TPSA) is 71.8 Å². The molecule has 78 heavy (non-hydrogen) atoms. The molecular formula is C71H46GeN6. The van der Waals surface area contributed by atoms with E-state index < -0.39 is 13.3 Å². The molecule has 0 spiro atoms. The monoisotopic (exact) mass is 1060 g/mol. The van der Waals surface area contributed by atoms with Gasteiger partial charge < -0.3 is 0 Å². The zero-order valence-corrected chi connectivity index (χ0v) is 44.3. The number of fused-ring (bicyclic) bond motifs is 3. The number of hydrogen-bond donors (Lipinski definition) is 0. The molecule has 13 aromatic rings. The molecule has 6 nitrogen and oxygen atoms in total. The number of benzene rings is 11. The van der Waals surface area contributed by atoms with Crippen molar-refractivity contribution in [2.24, 2.45) is 0 Å². The first kappa shape index (κ1) is 47.5. The van der Waals surface area contributed by atoms with Gasteiger partial charge in [-0.3, -0.25) is 0 Å². The maximum Gasteiger partial charge on any atom is -0.0560 e. The fourth-order valence-electron chi connectivity index (χ4n) is 11.1. The van der Waals surface area contributed by atoms with Crippen molar-refractivity contribution in [1.29, 1.82) is 5.26 Å². The number of rotatable bonds is 11. The number of nitrogens with zero attached hydrogens (tertiary/aromatic N) is 6. The van der Waals surface area contributed by atoms with Crippen LogP contribution in [0.5, 0.6) is 0 Å². The van der Waals surface area contributed by atoms with Crippen LogP contribution in [0.15, 0.2) is 279 Å². The van der Waals surface area contributed by atoms with Crippen LogP contribution in [0.4, 0.5) is 5.69 Å². The molecule has 7 heteroatoms. The van der Waals surface area contributed by atoms with Crippen LogP contribution in [0.2, 0.25) is 0 Å². The standard InChI is InChI=1S/C71H46GeN6/c1-74-62-39-34-51(35-40-62)56-37-42-67-64(46-56)63-45-55(50-32-30-49(48-73)31-33-50)36-41-66(63)78(67)68-43-38-57(47-65(68)71-76-69(52-18-7-2-8-19-52)75-70(77-71)53-20-9-3-10-21-53)54-22-17-29-61(44-54)72(58-23-11-4-12-24-58,59-25-13-5-14-26-59)60-27-15-6-16-28-60/h2-47H. The summed E-state index contributed by atoms with van der Waals surface area (Å²) in [5.41, 5.74) is 13.0. The van der Waals surface area contributed by atoms with Crippen molar-refractivity contribution < 1.29 is 0 Å². The van der Waals surface area contributed by atoms with Crippen LogP contribution < -0.4 is 17.6 Å². The fourth-order valence-corrected chi connectivity index (χ4v) is 21.2. The molecule has 0 aliphatic heterocycles. The first-order valence-electron chi connectivity index (χ1n) is 25.9. The van der Waals surface area contributed by atoms with Crippen molar-refractivity contribution in [1.82, 2.24) is 19.5 Å². The average molecular weight is 1060 g/mol. The largest absolute Gasteiger partial charge is 0.0649 e. The zero-order valence-electron chi connectivity index (χ0n) is 42.2. The van der Waals surface area contributed by atoms with Gasteiger partial charge in [-0.1, -0.05) is 48.5 Å². The fraction of sp³-hybridized carbons (Fsp3) is 0. The molecule has 2 aromatic heterocycles. The maximum absolute atomic E-state index is 9.65. The second kappa shape index (κ2) is 20.5. The first-order chi connectivity index (χ1) is 38.5. The van der Waals surface area contributed by atoms with Crippen LogP contribution >= 0.6 is 0 Å². The second-order valence-electron chi connectivity index (χ2n) is 19.3. The predicted molar refractivity (Wildman–Crippen MR) is 321 cm³/mol. The molecule has 0 atom stereocenters. The van der Waals surface area contributed by atoms with E-state index in [2.05, 4.69) is 185 Å². The zero-order chi connectivity index (χ0) is 52.4. The Morgan fingerprint density at radius 3 is 1.24 bits per heavy atom. The predicted octanol–water partition coefficient (Wildman–Crippen LogP) is 14.8. The summed E-state index contributed by atoms with van der Waals surface area (Å²) in [4.78, 5) is 19.6. The summed E-state index contributed by atoms with van der Waals surface area (Å²) in [5, 5.41) is 11.8. The number of hydrogen-bond acceptors (Lipinski definition) is 4. The quantitative estimate of drug-likeness (QED) is 0.0956. The Kier molecular flexibility index (Phi) is 12.5. The van der Waals surface area contributed by atoms with Crippen LogP contribution in [0.25, 0.3) is 99.9 Å². The SMILES string of the molecule is [C-]#[N+]c1ccc(-c2ccc3c(c2)c2cc(-c4ccc(C#N)cc4)ccc2n3-c2ccc(-c3ccc[c]([Ge]([c]4ccccc4)([c]4ccccc4)[c]4ccccc4)c3)cc2-c2nc(-c3ccccc3)nc(-c3ccccc3)n2)cc1. The molecule has 0 radical (unpaired) electrons. The Morgan fingerprint density at radius 2 is 0.756 bits per heavy atom. The molecule has 0 unspecified atom stereocenters. The minimum absolute atomic E-state index is 0.543. The van der Waals surface area contributed by atoms with Gasteiger partial charge in [-0.15, -0.1) is 0 Å². The molecule has 364 valence electrons. The Labute approximate surface area is 455 Å². The van der Waals surface area contributed by atoms with E-state index in [1.807, 2.05) is 109 Å². The second-order valence-corrected chi connectivity index (χ2v) is 27.3. The summed E-state index contributed by atoms with van der Waals surface area (Å²) in [5.74, 6) is 1.70. The number of nitriles is 1. The van der Waals surface area contributed by atoms with E-state index in [-0.39, 0.29) is 0 Å². The first-order valence-corrected chi connectivity index (χ1v) is 30.1. The molecule has 0 saturated carbocycles. The van der Waals surface area contributed by atoms with Crippen molar-refractivity contribution in [2.75, 3.05) is 0 Å². The molecule has 0 aliphatic rings. The average Bonchev–Trinajstić information content (AvgIpc) is 4.07. The van der Waals surface area contributed by atoms with E-state index in [1.54, 1.807) is 0 Å². The molecule has 0 N–H and O–H groups in total. The van der Waals surface area contributed by atoms with Crippen molar-refractivity contribution in [3.63, 3.8) is 0 Å². The summed E-state index contributed by atoms with van der Waals surface area (Å²) in [6.45, 7) is 7.60. The van der Waals surface area contributed by atoms with Gasteiger partial charge in [-0.2, -0.15) is 5.26 Å². The van der Waals surface area contributed by atoms with Gasteiger partial charge >= 0.3 is 353 Å². The minimum atomic E-state index is -3.66. The molecule has 0 bridgehead atoms. The normalized spacial score (nSPS) is 11.3. The third-order valence-corrected chi connectivity index (χ3v) is 24.9. The van der Waals surface area contributed by atoms with Crippen LogP contribution in [-0.4, -0.2) is 32.8 Å². The molecule has 0 saturated heterocycles. The summed E-state index contributed by atoms with van der Waals surface area (Å²) < 4.78 is 7.73. The van der Waals surface area contributed by atoms with E-state index in [0.717, 1.165) is 77.6 Å². The maximum atomic E-state index is 9.65. The molecule has 2 heterocycles. The molecule has 0 fully saturated rings. The summed E-state index contributed by atoms with van der Waals surface area (Å²) in [6.07, 6.45) is 0. The van der Waals surface area contributed by atoms with Crippen LogP contribution in [0, 0.1) is 17.9 Å². The van der Waals surface area contributed by atoms with Crippen LogP contribution in [0.3, 0.4) is 0 Å². The van der Waals surface area contributed by atoms with E-state index in [9.17, 15) is 5.26 Å². The van der Waals surface area contributed by atoms with Crippen molar-refractivity contribution in [2.45, 2.75) is 0 Å². The molecule has 0 aliphatic carbocycles. The van der Waals surface area contributed by atoms with Crippen molar-refractivity contribution in [3.8, 4) is 79.3 Å². The Bertz CT molecular complexity index is 4150. The molecular weight excluding hydrogens is 1010 g/mol. The van der Waals surface area contributed by atoms with Gasteiger partial charge in [-0.05, 0) is 23.3 Å². The molecule has 0 amide bonds. The Balaban J connectivity index is 1.08. The third kappa shape index (κ3) is 8.63. The van der Waals surface area contributed by atoms with E-state index in [0.29, 0.717) is 28.7 Å². The van der Waals surface area contributed by atoms with Gasteiger partial charge in [0.05, 0.1) is 18.2 Å². The summed E-state index contributed by atoms with van der Waals surface area (Å²) >= 11 is -3.66. The van der Waals surface area contributed by atoms with Gasteiger partial charge in [0.1, 0.15) is 0 Å². The van der Waals surface area contributed by atoms with E-state index in [4.69, 9.17) is 21.5 Å². The van der Waals surface area contributed by atoms with Gasteiger partial charge in [0.25, 0.3) is 0 Å². The Hall–Kier alpha value is -10.2. The van der Waals surface area contributed by atoms with Crippen molar-refractivity contribution in [3.05, 3.63) is 296 Å². The summed E-state index contributed by atoms with van der Waals surface area (Å²) in [7, 11) is 0. The van der Waals surface area contributed by atoms with Gasteiger partial charge in [0.15, 0.2) is 5.69 Å². The van der Waals surface area contributed by atoms with Crippen LogP contribution in [0.1, 0.15) is 5.56 Å². The van der Waals surface area contributed by atoms with Gasteiger partial charge in [0, 0.05) is 0 Å². The van der Waals surface area contributed by atoms with E-state index >= 15 is 0 Å².